The predicted octanol–water partition coefficient (Wildman–Crippen LogP) is 2.83. The zero-order chi connectivity index (χ0) is 19.3. The molecule has 3 aliphatic rings. The van der Waals surface area contributed by atoms with Crippen LogP contribution in [-0.2, 0) is 4.79 Å². The Labute approximate surface area is 167 Å². The van der Waals surface area contributed by atoms with Gasteiger partial charge in [0.25, 0.3) is 0 Å². The minimum Gasteiger partial charge on any atom is -0.337 e. The number of nitrogens with one attached hydrogen (secondary N) is 2. The van der Waals surface area contributed by atoms with Crippen LogP contribution in [0.15, 0.2) is 22.2 Å². The number of hydrazone groups is 1. The number of hydrogen-bond acceptors (Lipinski definition) is 8. The molecule has 4 atom stereocenters. The average molecular weight is 398 g/mol. The van der Waals surface area contributed by atoms with Gasteiger partial charge in [-0.1, -0.05) is 13.8 Å². The van der Waals surface area contributed by atoms with Crippen molar-refractivity contribution in [1.29, 1.82) is 0 Å². The van der Waals surface area contributed by atoms with Crippen molar-refractivity contribution in [2.45, 2.75) is 63.1 Å². The van der Waals surface area contributed by atoms with E-state index in [1.54, 1.807) is 17.5 Å². The van der Waals surface area contributed by atoms with Crippen LogP contribution in [0.4, 0.5) is 11.5 Å². The van der Waals surface area contributed by atoms with E-state index < -0.39 is 5.54 Å². The highest BCUT2D eigenvalue weighted by atomic mass is 32.1. The summed E-state index contributed by atoms with van der Waals surface area (Å²) in [4.78, 5) is 29.2. The van der Waals surface area contributed by atoms with Crippen LogP contribution in [0.25, 0.3) is 0 Å². The van der Waals surface area contributed by atoms with Crippen LogP contribution in [-0.4, -0.2) is 38.7 Å². The second-order valence-corrected chi connectivity index (χ2v) is 8.32. The Morgan fingerprint density at radius 1 is 1.36 bits per heavy atom. The van der Waals surface area contributed by atoms with E-state index in [0.29, 0.717) is 17.6 Å². The van der Waals surface area contributed by atoms with Gasteiger partial charge in [0.05, 0.1) is 23.3 Å². The van der Waals surface area contributed by atoms with Crippen molar-refractivity contribution in [3.63, 3.8) is 0 Å². The van der Waals surface area contributed by atoms with Gasteiger partial charge in [0.2, 0.25) is 5.91 Å². The number of thiazole rings is 1. The van der Waals surface area contributed by atoms with Crippen molar-refractivity contribution >= 4 is 35.0 Å². The number of carbonyl (C=O) groups excluding carboxylic acids is 1. The second kappa shape index (κ2) is 6.51. The molecule has 0 bridgehead atoms. The number of carbonyl (C=O) groups is 1. The average Bonchev–Trinajstić information content (AvgIpc) is 3.46. The highest BCUT2D eigenvalue weighted by molar-refractivity contribution is 7.07. The maximum atomic E-state index is 13.0. The lowest BCUT2D eigenvalue weighted by molar-refractivity contribution is -0.121. The van der Waals surface area contributed by atoms with Gasteiger partial charge in [-0.15, -0.1) is 11.3 Å². The Kier molecular flexibility index (Phi) is 4.08. The molecule has 5 rings (SSSR count). The maximum absolute atomic E-state index is 13.0. The highest BCUT2D eigenvalue weighted by Crippen LogP contribution is 2.47. The summed E-state index contributed by atoms with van der Waals surface area (Å²) in [6.45, 7) is 4.26. The molecule has 2 aromatic heterocycles. The number of amides is 1. The summed E-state index contributed by atoms with van der Waals surface area (Å²) >= 11 is 1.56. The van der Waals surface area contributed by atoms with Crippen LogP contribution in [0.2, 0.25) is 0 Å². The van der Waals surface area contributed by atoms with Crippen LogP contribution in [0.5, 0.6) is 0 Å². The molecule has 3 aliphatic heterocycles. The number of anilines is 2. The Balaban J connectivity index is 1.58. The topological polar surface area (TPSA) is 95.4 Å². The van der Waals surface area contributed by atoms with Gasteiger partial charge >= 0.3 is 0 Å². The molecule has 8 nitrogen and oxygen atoms in total. The van der Waals surface area contributed by atoms with E-state index in [9.17, 15) is 4.79 Å². The maximum Gasteiger partial charge on any atom is 0.250 e. The molecule has 1 fully saturated rings. The summed E-state index contributed by atoms with van der Waals surface area (Å²) in [7, 11) is 0. The van der Waals surface area contributed by atoms with Crippen LogP contribution in [0.1, 0.15) is 63.0 Å². The number of aromatic nitrogens is 3. The summed E-state index contributed by atoms with van der Waals surface area (Å²) in [6, 6.07) is 0.246. The Morgan fingerprint density at radius 2 is 2.25 bits per heavy atom. The first kappa shape index (κ1) is 17.5. The van der Waals surface area contributed by atoms with Crippen molar-refractivity contribution in [2.24, 2.45) is 5.10 Å². The van der Waals surface area contributed by atoms with E-state index >= 15 is 0 Å². The van der Waals surface area contributed by atoms with Crippen LogP contribution in [0.3, 0.4) is 0 Å². The van der Waals surface area contributed by atoms with Gasteiger partial charge in [-0.2, -0.15) is 5.10 Å². The number of fused-ring (bicyclic) bond motifs is 3. The van der Waals surface area contributed by atoms with E-state index in [1.165, 1.54) is 0 Å². The van der Waals surface area contributed by atoms with E-state index in [0.717, 1.165) is 37.2 Å². The molecule has 2 N–H and O–H groups in total. The predicted molar refractivity (Wildman–Crippen MR) is 109 cm³/mol. The lowest BCUT2D eigenvalue weighted by atomic mass is 9.90. The van der Waals surface area contributed by atoms with Gasteiger partial charge in [0.1, 0.15) is 23.1 Å². The fourth-order valence-corrected chi connectivity index (χ4v) is 5.36. The summed E-state index contributed by atoms with van der Waals surface area (Å²) in [5, 5.41) is 9.34. The number of hydrogen-bond donors (Lipinski definition) is 2. The molecule has 5 heterocycles. The van der Waals surface area contributed by atoms with Gasteiger partial charge in [0.15, 0.2) is 5.82 Å². The Bertz CT molecular complexity index is 930. The highest BCUT2D eigenvalue weighted by Gasteiger charge is 2.54. The number of nitrogens with zero attached hydrogens (tertiary/aromatic N) is 5. The molecule has 0 aliphatic carbocycles. The summed E-state index contributed by atoms with van der Waals surface area (Å²) in [5.74, 6) is 1.52. The van der Waals surface area contributed by atoms with Crippen molar-refractivity contribution < 1.29 is 4.79 Å². The zero-order valence-corrected chi connectivity index (χ0v) is 16.7. The Hall–Kier alpha value is -2.55. The largest absolute Gasteiger partial charge is 0.337 e. The van der Waals surface area contributed by atoms with Gasteiger partial charge in [0, 0.05) is 17.6 Å². The second-order valence-electron chi connectivity index (χ2n) is 7.60. The molecule has 0 radical (unpaired) electrons. The van der Waals surface area contributed by atoms with Crippen LogP contribution in [0, 0.1) is 0 Å². The van der Waals surface area contributed by atoms with Crippen LogP contribution >= 0.6 is 11.3 Å². The molecular formula is C19H23N7OS. The van der Waals surface area contributed by atoms with E-state index in [2.05, 4.69) is 44.6 Å². The van der Waals surface area contributed by atoms with E-state index in [4.69, 9.17) is 4.98 Å². The molecule has 28 heavy (non-hydrogen) atoms. The monoisotopic (exact) mass is 397 g/mol. The van der Waals surface area contributed by atoms with Crippen molar-refractivity contribution in [3.05, 3.63) is 28.6 Å². The summed E-state index contributed by atoms with van der Waals surface area (Å²) in [6.07, 6.45) is 7.21. The minimum atomic E-state index is -0.504. The third-order valence-corrected chi connectivity index (χ3v) is 6.94. The van der Waals surface area contributed by atoms with E-state index in [-0.39, 0.29) is 17.9 Å². The standard InChI is InChI=1S/C19H23N7OS/c1-3-11-5-6-19(4-2)18(27)23-13-8-20-16(24-17(13)26(11)19)12-7-22-25-15(12)14-9-28-10-21-14/h7-12,15,25H,3-6H2,1-2H3,(H,23,27)/t11-,12?,15?,19+/m1/s1. The molecule has 2 unspecified atom stereocenters. The lowest BCUT2D eigenvalue weighted by Gasteiger charge is -2.44. The zero-order valence-electron chi connectivity index (χ0n) is 15.9. The minimum absolute atomic E-state index is 0.0687. The molecular weight excluding hydrogens is 374 g/mol. The summed E-state index contributed by atoms with van der Waals surface area (Å²) < 4.78 is 0. The molecule has 1 amide bonds. The molecule has 0 saturated carbocycles. The third kappa shape index (κ3) is 2.38. The quantitative estimate of drug-likeness (QED) is 0.824. The SMILES string of the molecule is CC[C@@H]1CC[C@@]2(CC)C(=O)Nc3cnc(C4C=NNC4c4cscn4)nc3N12. The number of rotatable bonds is 4. The molecule has 0 aromatic carbocycles. The molecule has 146 valence electrons. The lowest BCUT2D eigenvalue weighted by Crippen LogP contribution is -2.58. The van der Waals surface area contributed by atoms with Gasteiger partial charge < -0.3 is 15.6 Å². The normalized spacial score (nSPS) is 30.7. The van der Waals surface area contributed by atoms with Crippen molar-refractivity contribution in [3.8, 4) is 0 Å². The van der Waals surface area contributed by atoms with Crippen LogP contribution < -0.4 is 15.6 Å². The molecule has 0 spiro atoms. The smallest absolute Gasteiger partial charge is 0.250 e. The van der Waals surface area contributed by atoms with Gasteiger partial charge in [-0.05, 0) is 25.7 Å². The van der Waals surface area contributed by atoms with Gasteiger partial charge in [-0.25, -0.2) is 15.0 Å². The van der Waals surface area contributed by atoms with Gasteiger partial charge in [-0.3, -0.25) is 4.79 Å². The third-order valence-electron chi connectivity index (χ3n) is 6.34. The van der Waals surface area contributed by atoms with E-state index in [1.807, 2.05) is 17.1 Å². The van der Waals surface area contributed by atoms with Crippen molar-refractivity contribution in [1.82, 2.24) is 20.4 Å². The fourth-order valence-electron chi connectivity index (χ4n) is 4.77. The van der Waals surface area contributed by atoms with Crippen molar-refractivity contribution in [2.75, 3.05) is 10.2 Å². The Morgan fingerprint density at radius 3 is 3.00 bits per heavy atom. The first-order chi connectivity index (χ1) is 13.7. The molecule has 1 saturated heterocycles. The molecule has 2 aromatic rings. The molecule has 9 heteroatoms. The first-order valence-electron chi connectivity index (χ1n) is 9.82. The summed E-state index contributed by atoms with van der Waals surface area (Å²) in [5.41, 5.74) is 6.09. The fraction of sp³-hybridized carbons (Fsp3) is 0.526. The first-order valence-corrected chi connectivity index (χ1v) is 10.8.